The first-order valence-corrected chi connectivity index (χ1v) is 10.7. The molecule has 33 heavy (non-hydrogen) atoms. The van der Waals surface area contributed by atoms with Gasteiger partial charge < -0.3 is 19.5 Å². The van der Waals surface area contributed by atoms with E-state index >= 15 is 0 Å². The molecule has 2 aliphatic rings. The van der Waals surface area contributed by atoms with Crippen LogP contribution in [0.1, 0.15) is 38.8 Å². The number of rotatable bonds is 4. The lowest BCUT2D eigenvalue weighted by atomic mass is 9.95. The van der Waals surface area contributed by atoms with Gasteiger partial charge in [-0.1, -0.05) is 48.0 Å². The Labute approximate surface area is 190 Å². The molecule has 1 amide bonds. The third-order valence-electron chi connectivity index (χ3n) is 6.21. The molecule has 4 aromatic rings. The molecule has 0 bridgehead atoms. The van der Waals surface area contributed by atoms with Crippen molar-refractivity contribution in [2.24, 2.45) is 0 Å². The Morgan fingerprint density at radius 1 is 1.06 bits per heavy atom. The Balaban J connectivity index is 1.47. The number of phenols is 1. The highest BCUT2D eigenvalue weighted by Crippen LogP contribution is 2.45. The molecule has 1 atom stereocenters. The van der Waals surface area contributed by atoms with Gasteiger partial charge in [0.25, 0.3) is 5.91 Å². The van der Waals surface area contributed by atoms with Gasteiger partial charge in [0.15, 0.2) is 11.5 Å². The zero-order chi connectivity index (χ0) is 22.5. The summed E-state index contributed by atoms with van der Waals surface area (Å²) >= 11 is 0. The molecule has 0 saturated carbocycles. The molecular formula is C26H21N3O4. The number of H-pyrrole nitrogens is 1. The van der Waals surface area contributed by atoms with Crippen molar-refractivity contribution in [2.75, 3.05) is 6.79 Å². The van der Waals surface area contributed by atoms with Crippen LogP contribution in [0.25, 0.3) is 11.3 Å². The fourth-order valence-corrected chi connectivity index (χ4v) is 4.57. The number of carbonyl (C=O) groups excluding carboxylic acids is 1. The van der Waals surface area contributed by atoms with Gasteiger partial charge in [0.1, 0.15) is 17.1 Å². The molecule has 7 nitrogen and oxygen atoms in total. The van der Waals surface area contributed by atoms with E-state index in [-0.39, 0.29) is 24.5 Å². The number of amides is 1. The first kappa shape index (κ1) is 19.4. The largest absolute Gasteiger partial charge is 0.507 e. The second-order valence-electron chi connectivity index (χ2n) is 8.31. The molecule has 0 radical (unpaired) electrons. The summed E-state index contributed by atoms with van der Waals surface area (Å²) in [6, 6.07) is 20.6. The van der Waals surface area contributed by atoms with Crippen molar-refractivity contribution in [3.8, 4) is 28.5 Å². The number of fused-ring (bicyclic) bond motifs is 2. The van der Waals surface area contributed by atoms with Crippen LogP contribution in [-0.4, -0.2) is 32.9 Å². The minimum atomic E-state index is -0.355. The summed E-state index contributed by atoms with van der Waals surface area (Å²) in [6.45, 7) is 2.62. The lowest BCUT2D eigenvalue weighted by Crippen LogP contribution is -2.29. The standard InChI is InChI=1S/C26H21N3O4/c1-15-6-9-17(10-7-15)25-22-23(18-4-2-3-5-19(18)30)27-28-24(22)26(31)29(25)13-16-8-11-20-21(12-16)33-14-32-20/h2-12,25,30H,13-14H2,1H3,(H,27,28)/t25-/m0/s1. The van der Waals surface area contributed by atoms with E-state index in [0.717, 1.165) is 22.3 Å². The van der Waals surface area contributed by atoms with Crippen LogP contribution in [0.2, 0.25) is 0 Å². The SMILES string of the molecule is Cc1ccc([C@H]2c3c(-c4ccccc4O)n[nH]c3C(=O)N2Cc2ccc3c(c2)OCO3)cc1. The maximum absolute atomic E-state index is 13.6. The summed E-state index contributed by atoms with van der Waals surface area (Å²) in [7, 11) is 0. The molecule has 0 unspecified atom stereocenters. The first-order valence-electron chi connectivity index (χ1n) is 10.7. The summed E-state index contributed by atoms with van der Waals surface area (Å²) in [5.74, 6) is 1.37. The molecule has 2 aliphatic heterocycles. The van der Waals surface area contributed by atoms with Gasteiger partial charge in [0.05, 0.1) is 6.04 Å². The Bertz CT molecular complexity index is 1380. The van der Waals surface area contributed by atoms with E-state index in [1.165, 1.54) is 0 Å². The Hall–Kier alpha value is -4.26. The fourth-order valence-electron chi connectivity index (χ4n) is 4.57. The van der Waals surface area contributed by atoms with Crippen LogP contribution in [-0.2, 0) is 6.54 Å². The summed E-state index contributed by atoms with van der Waals surface area (Å²) in [6.07, 6.45) is 0. The second-order valence-corrected chi connectivity index (χ2v) is 8.31. The van der Waals surface area contributed by atoms with Gasteiger partial charge in [0, 0.05) is 17.7 Å². The number of phenolic OH excluding ortho intramolecular Hbond substituents is 1. The Morgan fingerprint density at radius 2 is 1.85 bits per heavy atom. The maximum Gasteiger partial charge on any atom is 0.273 e. The average molecular weight is 439 g/mol. The van der Waals surface area contributed by atoms with E-state index in [9.17, 15) is 9.90 Å². The molecule has 0 saturated heterocycles. The van der Waals surface area contributed by atoms with Crippen LogP contribution in [0, 0.1) is 6.92 Å². The van der Waals surface area contributed by atoms with Gasteiger partial charge >= 0.3 is 0 Å². The van der Waals surface area contributed by atoms with Gasteiger partial charge in [-0.2, -0.15) is 5.10 Å². The quantitative estimate of drug-likeness (QED) is 0.487. The van der Waals surface area contributed by atoms with E-state index in [1.807, 2.05) is 66.4 Å². The number of hydrogen-bond donors (Lipinski definition) is 2. The molecule has 1 aromatic heterocycles. The highest BCUT2D eigenvalue weighted by atomic mass is 16.7. The average Bonchev–Trinajstić information content (AvgIpc) is 3.52. The van der Waals surface area contributed by atoms with Crippen LogP contribution in [0.4, 0.5) is 0 Å². The summed E-state index contributed by atoms with van der Waals surface area (Å²) in [4.78, 5) is 15.4. The molecule has 164 valence electrons. The van der Waals surface area contributed by atoms with E-state index < -0.39 is 0 Å². The molecule has 0 aliphatic carbocycles. The van der Waals surface area contributed by atoms with Crippen LogP contribution >= 0.6 is 0 Å². The maximum atomic E-state index is 13.6. The summed E-state index contributed by atoms with van der Waals surface area (Å²) < 4.78 is 10.9. The molecular weight excluding hydrogens is 418 g/mol. The molecule has 2 N–H and O–H groups in total. The van der Waals surface area contributed by atoms with E-state index in [1.54, 1.807) is 12.1 Å². The minimum absolute atomic E-state index is 0.121. The van der Waals surface area contributed by atoms with Crippen molar-refractivity contribution >= 4 is 5.91 Å². The number of aryl methyl sites for hydroxylation is 1. The van der Waals surface area contributed by atoms with Gasteiger partial charge in [0.2, 0.25) is 6.79 Å². The molecule has 0 fully saturated rings. The van der Waals surface area contributed by atoms with Gasteiger partial charge in [-0.3, -0.25) is 9.89 Å². The number of aromatic hydroxyl groups is 1. The van der Waals surface area contributed by atoms with Crippen LogP contribution < -0.4 is 9.47 Å². The van der Waals surface area contributed by atoms with Crippen molar-refractivity contribution < 1.29 is 19.4 Å². The predicted octanol–water partition coefficient (Wildman–Crippen LogP) is 4.56. The van der Waals surface area contributed by atoms with E-state index in [0.29, 0.717) is 35.0 Å². The highest BCUT2D eigenvalue weighted by Gasteiger charge is 2.42. The number of para-hydroxylation sites is 1. The van der Waals surface area contributed by atoms with Crippen molar-refractivity contribution in [1.82, 2.24) is 15.1 Å². The number of nitrogens with one attached hydrogen (secondary N) is 1. The Morgan fingerprint density at radius 3 is 2.67 bits per heavy atom. The zero-order valence-corrected chi connectivity index (χ0v) is 17.9. The third kappa shape index (κ3) is 3.12. The topological polar surface area (TPSA) is 87.7 Å². The van der Waals surface area contributed by atoms with E-state index in [2.05, 4.69) is 10.2 Å². The smallest absolute Gasteiger partial charge is 0.273 e. The lowest BCUT2D eigenvalue weighted by molar-refractivity contribution is 0.0730. The zero-order valence-electron chi connectivity index (χ0n) is 17.9. The summed E-state index contributed by atoms with van der Waals surface area (Å²) in [5, 5.41) is 17.9. The molecule has 0 spiro atoms. The number of benzene rings is 3. The molecule has 3 heterocycles. The molecule has 3 aromatic carbocycles. The van der Waals surface area contributed by atoms with Crippen molar-refractivity contribution in [1.29, 1.82) is 0 Å². The van der Waals surface area contributed by atoms with Gasteiger partial charge in [-0.25, -0.2) is 0 Å². The number of ether oxygens (including phenoxy) is 2. The van der Waals surface area contributed by atoms with Crippen LogP contribution in [0.15, 0.2) is 66.7 Å². The van der Waals surface area contributed by atoms with Gasteiger partial charge in [-0.15, -0.1) is 0 Å². The van der Waals surface area contributed by atoms with Crippen molar-refractivity contribution in [3.63, 3.8) is 0 Å². The summed E-state index contributed by atoms with van der Waals surface area (Å²) in [5.41, 5.74) is 5.43. The van der Waals surface area contributed by atoms with Crippen LogP contribution in [0.5, 0.6) is 17.2 Å². The number of nitrogens with zero attached hydrogens (tertiary/aromatic N) is 2. The highest BCUT2D eigenvalue weighted by molar-refractivity contribution is 6.00. The van der Waals surface area contributed by atoms with E-state index in [4.69, 9.17) is 9.47 Å². The number of carbonyl (C=O) groups is 1. The van der Waals surface area contributed by atoms with Gasteiger partial charge in [-0.05, 0) is 42.3 Å². The van der Waals surface area contributed by atoms with Crippen molar-refractivity contribution in [2.45, 2.75) is 19.5 Å². The van der Waals surface area contributed by atoms with Crippen molar-refractivity contribution in [3.05, 3.63) is 94.7 Å². The second kappa shape index (κ2) is 7.41. The monoisotopic (exact) mass is 439 g/mol. The number of aromatic nitrogens is 2. The number of aromatic amines is 1. The molecule has 7 heteroatoms. The lowest BCUT2D eigenvalue weighted by Gasteiger charge is -2.27. The third-order valence-corrected chi connectivity index (χ3v) is 6.21. The van der Waals surface area contributed by atoms with Crippen LogP contribution in [0.3, 0.4) is 0 Å². The predicted molar refractivity (Wildman–Crippen MR) is 121 cm³/mol. The minimum Gasteiger partial charge on any atom is -0.507 e. The first-order chi connectivity index (χ1) is 16.1. The fraction of sp³-hybridized carbons (Fsp3) is 0.154. The normalized spacial score (nSPS) is 16.3. The Kier molecular flexibility index (Phi) is 4.36. The number of hydrogen-bond acceptors (Lipinski definition) is 5. The molecule has 6 rings (SSSR count).